The van der Waals surface area contributed by atoms with Crippen LogP contribution in [0.25, 0.3) is 11.2 Å². The van der Waals surface area contributed by atoms with Crippen molar-refractivity contribution >= 4 is 11.2 Å². The summed E-state index contributed by atoms with van der Waals surface area (Å²) in [6, 6.07) is 0. The molecule has 0 atom stereocenters. The van der Waals surface area contributed by atoms with Gasteiger partial charge in [0.2, 0.25) is 0 Å². The van der Waals surface area contributed by atoms with E-state index in [1.54, 1.807) is 0 Å². The molecule has 0 saturated heterocycles. The molecule has 2 heterocycles. The van der Waals surface area contributed by atoms with E-state index in [9.17, 15) is 9.59 Å². The largest absolute Gasteiger partial charge is 0.332 e. The van der Waals surface area contributed by atoms with Gasteiger partial charge in [0.15, 0.2) is 17.0 Å². The quantitative estimate of drug-likeness (QED) is 0.599. The van der Waals surface area contributed by atoms with Gasteiger partial charge in [-0.25, -0.2) is 9.78 Å². The predicted octanol–water partition coefficient (Wildman–Crippen LogP) is -2.14. The molecule has 3 N–H and O–H groups in total. The molecule has 0 aromatic carbocycles. The van der Waals surface area contributed by atoms with Crippen LogP contribution in [0.5, 0.6) is 0 Å². The highest BCUT2D eigenvalue weighted by Crippen LogP contribution is 1.99. The summed E-state index contributed by atoms with van der Waals surface area (Å²) in [5.74, 6) is 0.408. The van der Waals surface area contributed by atoms with Gasteiger partial charge in [0, 0.05) is 14.1 Å². The van der Waals surface area contributed by atoms with Gasteiger partial charge < -0.3 is 11.1 Å². The van der Waals surface area contributed by atoms with E-state index in [-0.39, 0.29) is 11.2 Å². The van der Waals surface area contributed by atoms with E-state index in [4.69, 9.17) is 5.73 Å². The van der Waals surface area contributed by atoms with Crippen LogP contribution < -0.4 is 22.3 Å². The lowest BCUT2D eigenvalue weighted by Gasteiger charge is -2.06. The Morgan fingerprint density at radius 2 is 1.95 bits per heavy atom. The van der Waals surface area contributed by atoms with Crippen molar-refractivity contribution in [2.24, 2.45) is 19.8 Å². The van der Waals surface area contributed by atoms with Crippen LogP contribution in [0.4, 0.5) is 0 Å². The van der Waals surface area contributed by atoms with Gasteiger partial charge in [-0.05, 0) is 19.5 Å². The first-order chi connectivity index (χ1) is 9.56. The van der Waals surface area contributed by atoms with E-state index in [0.717, 1.165) is 17.5 Å². The highest BCUT2D eigenvalue weighted by molar-refractivity contribution is 5.67. The zero-order chi connectivity index (χ0) is 14.7. The number of hydrogen-bond acceptors (Lipinski definition) is 7. The number of hydrogen-bond donors (Lipinski definition) is 2. The van der Waals surface area contributed by atoms with Gasteiger partial charge in [-0.15, -0.1) is 10.2 Å². The fraction of sp³-hybridized carbons (Fsp3) is 0.545. The monoisotopic (exact) mass is 279 g/mol. The molecule has 0 aliphatic rings. The van der Waals surface area contributed by atoms with Crippen molar-refractivity contribution in [2.45, 2.75) is 13.0 Å². The topological polar surface area (TPSA) is 121 Å². The van der Waals surface area contributed by atoms with Gasteiger partial charge >= 0.3 is 5.69 Å². The molecule has 9 heteroatoms. The summed E-state index contributed by atoms with van der Waals surface area (Å²) in [5.41, 5.74) is 4.79. The number of aromatic nitrogens is 5. The molecular weight excluding hydrogens is 262 g/mol. The Hall–Kier alpha value is -2.13. The van der Waals surface area contributed by atoms with Gasteiger partial charge in [-0.1, -0.05) is 0 Å². The minimum Gasteiger partial charge on any atom is -0.330 e. The van der Waals surface area contributed by atoms with Gasteiger partial charge in [0.05, 0.1) is 6.54 Å². The van der Waals surface area contributed by atoms with Crippen molar-refractivity contribution in [2.75, 3.05) is 13.1 Å². The van der Waals surface area contributed by atoms with E-state index in [1.165, 1.54) is 18.7 Å². The average molecular weight is 279 g/mol. The van der Waals surface area contributed by atoms with Crippen LogP contribution in [0.2, 0.25) is 0 Å². The van der Waals surface area contributed by atoms with Crippen LogP contribution in [0.15, 0.2) is 9.59 Å². The first-order valence-corrected chi connectivity index (χ1v) is 6.26. The van der Waals surface area contributed by atoms with E-state index < -0.39 is 11.2 Å². The van der Waals surface area contributed by atoms with E-state index >= 15 is 0 Å². The van der Waals surface area contributed by atoms with Crippen molar-refractivity contribution in [1.82, 2.24) is 29.6 Å². The van der Waals surface area contributed by atoms with E-state index in [2.05, 4.69) is 20.5 Å². The second kappa shape index (κ2) is 5.88. The van der Waals surface area contributed by atoms with Gasteiger partial charge in [-0.3, -0.25) is 13.9 Å². The Labute approximate surface area is 114 Å². The molecule has 2 aromatic rings. The third-order valence-electron chi connectivity index (χ3n) is 2.95. The van der Waals surface area contributed by atoms with Crippen LogP contribution in [-0.4, -0.2) is 37.4 Å². The highest BCUT2D eigenvalue weighted by atomic mass is 16.2. The third-order valence-corrected chi connectivity index (χ3v) is 2.95. The Morgan fingerprint density at radius 1 is 1.20 bits per heavy atom. The molecule has 20 heavy (non-hydrogen) atoms. The summed E-state index contributed by atoms with van der Waals surface area (Å²) in [7, 11) is 2.94. The molecule has 0 amide bonds. The minimum atomic E-state index is -0.471. The van der Waals surface area contributed by atoms with Crippen molar-refractivity contribution in [3.63, 3.8) is 0 Å². The Morgan fingerprint density at radius 3 is 2.65 bits per heavy atom. The minimum absolute atomic E-state index is 0.139. The molecule has 2 aromatic heterocycles. The summed E-state index contributed by atoms with van der Waals surface area (Å²) in [6.07, 6.45) is 0.845. The lowest BCUT2D eigenvalue weighted by molar-refractivity contribution is 0.624. The van der Waals surface area contributed by atoms with Crippen molar-refractivity contribution in [3.8, 4) is 0 Å². The maximum Gasteiger partial charge on any atom is 0.332 e. The molecule has 0 fully saturated rings. The number of nitrogens with two attached hydrogens (primary N) is 1. The SMILES string of the molecule is Cn1c(=O)c2nc(CNCCCN)nnc2n(C)c1=O. The second-order valence-electron chi connectivity index (χ2n) is 4.43. The molecular formula is C11H17N7O2. The molecule has 2 rings (SSSR count). The zero-order valence-electron chi connectivity index (χ0n) is 11.5. The average Bonchev–Trinajstić information content (AvgIpc) is 2.47. The molecule has 0 aliphatic carbocycles. The fourth-order valence-corrected chi connectivity index (χ4v) is 1.79. The normalized spacial score (nSPS) is 11.2. The first kappa shape index (κ1) is 14.3. The molecule has 0 saturated carbocycles. The summed E-state index contributed by atoms with van der Waals surface area (Å²) in [4.78, 5) is 27.9. The van der Waals surface area contributed by atoms with Gasteiger partial charge in [0.25, 0.3) is 5.56 Å². The van der Waals surface area contributed by atoms with Gasteiger partial charge in [0.1, 0.15) is 0 Å². The summed E-state index contributed by atoms with van der Waals surface area (Å²) in [6.45, 7) is 1.74. The standard InChI is InChI=1S/C11H17N7O2/c1-17-9-8(10(19)18(2)11(17)20)14-7(15-16-9)6-13-5-3-4-12/h13H,3-6,12H2,1-2H3. The molecule has 0 unspecified atom stereocenters. The van der Waals surface area contributed by atoms with Crippen LogP contribution in [-0.2, 0) is 20.6 Å². The van der Waals surface area contributed by atoms with Crippen LogP contribution in [0.3, 0.4) is 0 Å². The third kappa shape index (κ3) is 2.58. The van der Waals surface area contributed by atoms with E-state index in [1.807, 2.05) is 0 Å². The summed E-state index contributed by atoms with van der Waals surface area (Å²) in [5, 5.41) is 10.9. The summed E-state index contributed by atoms with van der Waals surface area (Å²) < 4.78 is 2.25. The molecule has 0 bridgehead atoms. The van der Waals surface area contributed by atoms with Gasteiger partial charge in [-0.2, -0.15) is 0 Å². The predicted molar refractivity (Wildman–Crippen MR) is 73.2 cm³/mol. The Balaban J connectivity index is 2.39. The smallest absolute Gasteiger partial charge is 0.330 e. The molecule has 9 nitrogen and oxygen atoms in total. The number of rotatable bonds is 5. The zero-order valence-corrected chi connectivity index (χ0v) is 11.5. The first-order valence-electron chi connectivity index (χ1n) is 6.26. The number of nitrogens with one attached hydrogen (secondary N) is 1. The Bertz CT molecular complexity index is 734. The molecule has 0 spiro atoms. The summed E-state index contributed by atoms with van der Waals surface area (Å²) >= 11 is 0. The lowest BCUT2D eigenvalue weighted by Crippen LogP contribution is -2.38. The van der Waals surface area contributed by atoms with Crippen LogP contribution >= 0.6 is 0 Å². The van der Waals surface area contributed by atoms with E-state index in [0.29, 0.717) is 18.9 Å². The maximum absolute atomic E-state index is 12.0. The van der Waals surface area contributed by atoms with Crippen molar-refractivity contribution in [1.29, 1.82) is 0 Å². The van der Waals surface area contributed by atoms with Crippen molar-refractivity contribution < 1.29 is 0 Å². The number of aryl methyl sites for hydroxylation is 1. The highest BCUT2D eigenvalue weighted by Gasteiger charge is 2.12. The second-order valence-corrected chi connectivity index (χ2v) is 4.43. The van der Waals surface area contributed by atoms with Crippen molar-refractivity contribution in [3.05, 3.63) is 26.7 Å². The molecule has 0 aliphatic heterocycles. The Kier molecular flexibility index (Phi) is 4.20. The maximum atomic E-state index is 12.0. The number of fused-ring (bicyclic) bond motifs is 1. The molecule has 108 valence electrons. The lowest BCUT2D eigenvalue weighted by atomic mass is 10.4. The molecule has 0 radical (unpaired) electrons. The van der Waals surface area contributed by atoms with Crippen LogP contribution in [0, 0.1) is 0 Å². The van der Waals surface area contributed by atoms with Crippen LogP contribution in [0.1, 0.15) is 12.2 Å². The number of nitrogens with zero attached hydrogens (tertiary/aromatic N) is 5. The fourth-order valence-electron chi connectivity index (χ4n) is 1.79.